The molecule has 5 nitrogen and oxygen atoms in total. The average molecular weight is 394 g/mol. The lowest BCUT2D eigenvalue weighted by atomic mass is 10.0. The number of nitrogens with one attached hydrogen (secondary N) is 1. The molecule has 0 spiro atoms. The number of benzene rings is 2. The van der Waals surface area contributed by atoms with Gasteiger partial charge < -0.3 is 15.1 Å². The largest absolute Gasteiger partial charge is 0.368 e. The smallest absolute Gasteiger partial charge is 0.322 e. The van der Waals surface area contributed by atoms with E-state index in [1.165, 1.54) is 12.1 Å². The molecule has 3 aromatic rings. The number of piperazine rings is 1. The standard InChI is InChI=1S/C22H20F2N4O/c23-17-6-7-20(21(24)14-17)16-3-1-5-19(13-16)27-9-11-28(12-10-27)22(29)26-18-4-2-8-25-15-18/h1-8,13-15H,9-12H2,(H,26,29). The van der Waals surface area contributed by atoms with Crippen molar-refractivity contribution in [3.05, 3.63) is 78.6 Å². The SMILES string of the molecule is O=C(Nc1cccnc1)N1CCN(c2cccc(-c3ccc(F)cc3F)c2)CC1. The summed E-state index contributed by atoms with van der Waals surface area (Å²) < 4.78 is 27.3. The van der Waals surface area contributed by atoms with Gasteiger partial charge in [0.25, 0.3) is 0 Å². The second-order valence-electron chi connectivity index (χ2n) is 6.82. The van der Waals surface area contributed by atoms with E-state index >= 15 is 0 Å². The molecule has 29 heavy (non-hydrogen) atoms. The van der Waals surface area contributed by atoms with Crippen LogP contribution in [0.2, 0.25) is 0 Å². The van der Waals surface area contributed by atoms with Gasteiger partial charge in [0, 0.05) is 49.7 Å². The normalized spacial score (nSPS) is 14.0. The van der Waals surface area contributed by atoms with Crippen LogP contribution in [0.3, 0.4) is 0 Å². The monoisotopic (exact) mass is 394 g/mol. The molecular weight excluding hydrogens is 374 g/mol. The molecule has 0 saturated carbocycles. The highest BCUT2D eigenvalue weighted by atomic mass is 19.1. The van der Waals surface area contributed by atoms with Gasteiger partial charge in [-0.15, -0.1) is 0 Å². The van der Waals surface area contributed by atoms with Crippen LogP contribution in [0.15, 0.2) is 67.0 Å². The molecule has 1 fully saturated rings. The number of rotatable bonds is 3. The number of aromatic nitrogens is 1. The molecule has 0 unspecified atom stereocenters. The van der Waals surface area contributed by atoms with Gasteiger partial charge in [-0.05, 0) is 42.0 Å². The lowest BCUT2D eigenvalue weighted by molar-refractivity contribution is 0.208. The first-order chi connectivity index (χ1) is 14.1. The van der Waals surface area contributed by atoms with E-state index in [0.717, 1.165) is 11.8 Å². The minimum atomic E-state index is -0.594. The molecule has 0 aliphatic carbocycles. The Bertz CT molecular complexity index is 1000. The van der Waals surface area contributed by atoms with Crippen molar-refractivity contribution >= 4 is 17.4 Å². The zero-order valence-electron chi connectivity index (χ0n) is 15.7. The van der Waals surface area contributed by atoms with E-state index in [1.807, 2.05) is 18.2 Å². The Morgan fingerprint density at radius 1 is 0.966 bits per heavy atom. The minimum absolute atomic E-state index is 0.153. The van der Waals surface area contributed by atoms with Crippen LogP contribution in [-0.2, 0) is 0 Å². The summed E-state index contributed by atoms with van der Waals surface area (Å²) in [6.45, 7) is 2.47. The fraction of sp³-hybridized carbons (Fsp3) is 0.182. The maximum Gasteiger partial charge on any atom is 0.322 e. The predicted molar refractivity (Wildman–Crippen MR) is 109 cm³/mol. The third kappa shape index (κ3) is 4.34. The fourth-order valence-corrected chi connectivity index (χ4v) is 3.40. The summed E-state index contributed by atoms with van der Waals surface area (Å²) in [6.07, 6.45) is 3.26. The van der Waals surface area contributed by atoms with Crippen LogP contribution in [0.4, 0.5) is 25.0 Å². The van der Waals surface area contributed by atoms with Crippen LogP contribution in [0.25, 0.3) is 11.1 Å². The van der Waals surface area contributed by atoms with Crippen molar-refractivity contribution in [1.29, 1.82) is 0 Å². The van der Waals surface area contributed by atoms with Gasteiger partial charge in [0.15, 0.2) is 0 Å². The van der Waals surface area contributed by atoms with E-state index in [4.69, 9.17) is 0 Å². The molecule has 2 amide bonds. The van der Waals surface area contributed by atoms with E-state index in [2.05, 4.69) is 15.2 Å². The Labute approximate surface area is 167 Å². The third-order valence-corrected chi connectivity index (χ3v) is 4.93. The molecule has 1 saturated heterocycles. The Morgan fingerprint density at radius 3 is 2.52 bits per heavy atom. The highest BCUT2D eigenvalue weighted by Crippen LogP contribution is 2.28. The second-order valence-corrected chi connectivity index (χ2v) is 6.82. The summed E-state index contributed by atoms with van der Waals surface area (Å²) in [6, 6.07) is 14.5. The maximum atomic E-state index is 14.1. The van der Waals surface area contributed by atoms with Gasteiger partial charge in [-0.2, -0.15) is 0 Å². The fourth-order valence-electron chi connectivity index (χ4n) is 3.40. The zero-order valence-corrected chi connectivity index (χ0v) is 15.7. The van der Waals surface area contributed by atoms with Gasteiger partial charge >= 0.3 is 6.03 Å². The molecule has 0 atom stereocenters. The van der Waals surface area contributed by atoms with E-state index < -0.39 is 11.6 Å². The van der Waals surface area contributed by atoms with E-state index in [-0.39, 0.29) is 6.03 Å². The molecule has 1 aliphatic rings. The number of hydrogen-bond acceptors (Lipinski definition) is 3. The Kier molecular flexibility index (Phi) is 5.37. The van der Waals surface area contributed by atoms with Crippen molar-refractivity contribution in [2.75, 3.05) is 36.4 Å². The summed E-state index contributed by atoms with van der Waals surface area (Å²) in [5, 5.41) is 2.84. The molecule has 4 rings (SSSR count). The van der Waals surface area contributed by atoms with E-state index in [9.17, 15) is 13.6 Å². The number of hydrogen-bond donors (Lipinski definition) is 1. The van der Waals surface area contributed by atoms with Crippen molar-refractivity contribution in [1.82, 2.24) is 9.88 Å². The number of carbonyl (C=O) groups excluding carboxylic acids is 1. The molecule has 1 aromatic heterocycles. The van der Waals surface area contributed by atoms with Gasteiger partial charge in [0.1, 0.15) is 11.6 Å². The van der Waals surface area contributed by atoms with Crippen LogP contribution in [-0.4, -0.2) is 42.1 Å². The lowest BCUT2D eigenvalue weighted by Crippen LogP contribution is -2.50. The summed E-state index contributed by atoms with van der Waals surface area (Å²) >= 11 is 0. The molecule has 7 heteroatoms. The first kappa shape index (κ1) is 18.9. The van der Waals surface area contributed by atoms with Gasteiger partial charge in [-0.25, -0.2) is 13.6 Å². The highest BCUT2D eigenvalue weighted by Gasteiger charge is 2.21. The Morgan fingerprint density at radius 2 is 1.79 bits per heavy atom. The van der Waals surface area contributed by atoms with Gasteiger partial charge in [0.05, 0.1) is 11.9 Å². The summed E-state index contributed by atoms with van der Waals surface area (Å²) in [7, 11) is 0. The molecule has 2 aromatic carbocycles. The summed E-state index contributed by atoms with van der Waals surface area (Å²) in [4.78, 5) is 20.3. The van der Waals surface area contributed by atoms with Crippen molar-refractivity contribution < 1.29 is 13.6 Å². The Hall–Kier alpha value is -3.48. The third-order valence-electron chi connectivity index (χ3n) is 4.93. The number of halogens is 2. The predicted octanol–water partition coefficient (Wildman–Crippen LogP) is 4.38. The first-order valence-electron chi connectivity index (χ1n) is 9.36. The van der Waals surface area contributed by atoms with Gasteiger partial charge in [-0.1, -0.05) is 12.1 Å². The van der Waals surface area contributed by atoms with Crippen LogP contribution in [0.1, 0.15) is 0 Å². The minimum Gasteiger partial charge on any atom is -0.368 e. The van der Waals surface area contributed by atoms with Crippen LogP contribution in [0.5, 0.6) is 0 Å². The zero-order chi connectivity index (χ0) is 20.2. The van der Waals surface area contributed by atoms with E-state index in [1.54, 1.807) is 35.5 Å². The molecule has 148 valence electrons. The highest BCUT2D eigenvalue weighted by molar-refractivity contribution is 5.89. The van der Waals surface area contributed by atoms with Crippen LogP contribution >= 0.6 is 0 Å². The number of urea groups is 1. The molecule has 1 aliphatic heterocycles. The Balaban J connectivity index is 1.42. The first-order valence-corrected chi connectivity index (χ1v) is 9.36. The molecule has 2 heterocycles. The van der Waals surface area contributed by atoms with Crippen molar-refractivity contribution in [2.24, 2.45) is 0 Å². The molecule has 0 radical (unpaired) electrons. The number of pyridine rings is 1. The number of amides is 2. The molecular formula is C22H20F2N4O. The summed E-state index contributed by atoms with van der Waals surface area (Å²) in [5.74, 6) is -1.18. The second kappa shape index (κ2) is 8.26. The number of carbonyl (C=O) groups is 1. The van der Waals surface area contributed by atoms with Crippen molar-refractivity contribution in [2.45, 2.75) is 0 Å². The van der Waals surface area contributed by atoms with Crippen molar-refractivity contribution in [3.63, 3.8) is 0 Å². The molecule has 0 bridgehead atoms. The van der Waals surface area contributed by atoms with Gasteiger partial charge in [-0.3, -0.25) is 4.98 Å². The summed E-state index contributed by atoms with van der Waals surface area (Å²) in [5.41, 5.74) is 2.66. The topological polar surface area (TPSA) is 48.5 Å². The number of nitrogens with zero attached hydrogens (tertiary/aromatic N) is 3. The number of anilines is 2. The van der Waals surface area contributed by atoms with Crippen LogP contribution in [0, 0.1) is 11.6 Å². The maximum absolute atomic E-state index is 14.1. The van der Waals surface area contributed by atoms with E-state index in [0.29, 0.717) is 43.0 Å². The molecule has 1 N–H and O–H groups in total. The quantitative estimate of drug-likeness (QED) is 0.717. The lowest BCUT2D eigenvalue weighted by Gasteiger charge is -2.36. The average Bonchev–Trinajstić information content (AvgIpc) is 2.75. The van der Waals surface area contributed by atoms with Crippen molar-refractivity contribution in [3.8, 4) is 11.1 Å². The van der Waals surface area contributed by atoms with Gasteiger partial charge in [0.2, 0.25) is 0 Å². The van der Waals surface area contributed by atoms with Crippen LogP contribution < -0.4 is 10.2 Å².